The molecule has 0 unspecified atom stereocenters. The number of pyridine rings is 1. The minimum absolute atomic E-state index is 0.336. The standard InChI is InChI=1S/C23H30N4O/c1-6-27(7-2)15-17-13-18(8-11-23(17)28)25-22-12-16(3)24-21-10-9-19(26(4)5)14-20(21)22/h8-14,28H,6-7,15H2,1-5H3,(H,24,25). The summed E-state index contributed by atoms with van der Waals surface area (Å²) < 4.78 is 0. The molecule has 0 aliphatic carbocycles. The molecule has 1 heterocycles. The van der Waals surface area contributed by atoms with Crippen LogP contribution in [0.2, 0.25) is 0 Å². The van der Waals surface area contributed by atoms with Crippen LogP contribution in [0.3, 0.4) is 0 Å². The Morgan fingerprint density at radius 3 is 2.43 bits per heavy atom. The van der Waals surface area contributed by atoms with Crippen molar-refractivity contribution in [3.63, 3.8) is 0 Å². The van der Waals surface area contributed by atoms with Crippen molar-refractivity contribution >= 4 is 28.0 Å². The smallest absolute Gasteiger partial charge is 0.120 e. The maximum Gasteiger partial charge on any atom is 0.120 e. The lowest BCUT2D eigenvalue weighted by molar-refractivity contribution is 0.291. The highest BCUT2D eigenvalue weighted by Crippen LogP contribution is 2.31. The van der Waals surface area contributed by atoms with E-state index < -0.39 is 0 Å². The summed E-state index contributed by atoms with van der Waals surface area (Å²) in [5.41, 5.74) is 5.98. The SMILES string of the molecule is CCN(CC)Cc1cc(Nc2cc(C)nc3ccc(N(C)C)cc23)ccc1O. The zero-order valence-corrected chi connectivity index (χ0v) is 17.5. The van der Waals surface area contributed by atoms with E-state index in [-0.39, 0.29) is 0 Å². The highest BCUT2D eigenvalue weighted by molar-refractivity contribution is 5.95. The first-order chi connectivity index (χ1) is 13.4. The molecule has 5 nitrogen and oxygen atoms in total. The highest BCUT2D eigenvalue weighted by Gasteiger charge is 2.10. The van der Waals surface area contributed by atoms with Gasteiger partial charge in [0.05, 0.1) is 5.52 Å². The quantitative estimate of drug-likeness (QED) is 0.573. The number of fused-ring (bicyclic) bond motifs is 1. The predicted octanol–water partition coefficient (Wildman–Crippen LogP) is 4.90. The molecule has 0 atom stereocenters. The first-order valence-electron chi connectivity index (χ1n) is 9.81. The second-order valence-corrected chi connectivity index (χ2v) is 7.34. The first-order valence-corrected chi connectivity index (χ1v) is 9.81. The molecule has 0 spiro atoms. The largest absolute Gasteiger partial charge is 0.508 e. The van der Waals surface area contributed by atoms with E-state index in [9.17, 15) is 5.11 Å². The molecule has 5 heteroatoms. The molecule has 2 N–H and O–H groups in total. The summed E-state index contributed by atoms with van der Waals surface area (Å²) in [7, 11) is 4.07. The van der Waals surface area contributed by atoms with Gasteiger partial charge in [0.2, 0.25) is 0 Å². The minimum Gasteiger partial charge on any atom is -0.508 e. The van der Waals surface area contributed by atoms with Crippen LogP contribution in [0.1, 0.15) is 25.1 Å². The van der Waals surface area contributed by atoms with Crippen molar-refractivity contribution in [3.05, 3.63) is 53.7 Å². The van der Waals surface area contributed by atoms with E-state index in [1.165, 1.54) is 0 Å². The van der Waals surface area contributed by atoms with Crippen LogP contribution in [0.4, 0.5) is 17.1 Å². The Bertz CT molecular complexity index is 964. The van der Waals surface area contributed by atoms with Gasteiger partial charge in [-0.15, -0.1) is 0 Å². The average Bonchev–Trinajstić information content (AvgIpc) is 2.67. The number of aryl methyl sites for hydroxylation is 1. The molecule has 0 radical (unpaired) electrons. The summed E-state index contributed by atoms with van der Waals surface area (Å²) in [5, 5.41) is 14.9. The van der Waals surface area contributed by atoms with E-state index in [0.29, 0.717) is 5.75 Å². The molecule has 0 fully saturated rings. The second-order valence-electron chi connectivity index (χ2n) is 7.34. The molecule has 28 heavy (non-hydrogen) atoms. The molecule has 148 valence electrons. The minimum atomic E-state index is 0.336. The summed E-state index contributed by atoms with van der Waals surface area (Å²) in [5.74, 6) is 0.336. The van der Waals surface area contributed by atoms with E-state index in [4.69, 9.17) is 0 Å². The van der Waals surface area contributed by atoms with Gasteiger partial charge in [0.25, 0.3) is 0 Å². The van der Waals surface area contributed by atoms with Crippen LogP contribution in [0.5, 0.6) is 5.75 Å². The number of nitrogens with zero attached hydrogens (tertiary/aromatic N) is 3. The molecule has 1 aromatic heterocycles. The Labute approximate surface area is 167 Å². The maximum atomic E-state index is 10.3. The molecule has 0 bridgehead atoms. The summed E-state index contributed by atoms with van der Waals surface area (Å²) in [6.45, 7) is 8.92. The summed E-state index contributed by atoms with van der Waals surface area (Å²) in [6, 6.07) is 14.1. The average molecular weight is 379 g/mol. The van der Waals surface area contributed by atoms with Gasteiger partial charge < -0.3 is 15.3 Å². The number of nitrogens with one attached hydrogen (secondary N) is 1. The number of hydrogen-bond acceptors (Lipinski definition) is 5. The topological polar surface area (TPSA) is 51.6 Å². The lowest BCUT2D eigenvalue weighted by Gasteiger charge is -2.20. The van der Waals surface area contributed by atoms with Crippen LogP contribution in [0, 0.1) is 6.92 Å². The highest BCUT2D eigenvalue weighted by atomic mass is 16.3. The van der Waals surface area contributed by atoms with Crippen molar-refractivity contribution in [2.75, 3.05) is 37.4 Å². The lowest BCUT2D eigenvalue weighted by Crippen LogP contribution is -2.22. The predicted molar refractivity (Wildman–Crippen MR) is 119 cm³/mol. The molecule has 3 aromatic rings. The summed E-state index contributed by atoms with van der Waals surface area (Å²) in [4.78, 5) is 9.04. The van der Waals surface area contributed by atoms with Gasteiger partial charge in [-0.2, -0.15) is 0 Å². The Morgan fingerprint density at radius 2 is 1.75 bits per heavy atom. The summed E-state index contributed by atoms with van der Waals surface area (Å²) in [6.07, 6.45) is 0. The number of phenolic OH excluding ortho intramolecular Hbond substituents is 1. The third-order valence-electron chi connectivity index (χ3n) is 5.08. The molecular formula is C23H30N4O. The van der Waals surface area contributed by atoms with E-state index in [1.54, 1.807) is 6.07 Å². The van der Waals surface area contributed by atoms with Gasteiger partial charge in [0, 0.05) is 54.3 Å². The fourth-order valence-electron chi connectivity index (χ4n) is 3.36. The van der Waals surface area contributed by atoms with E-state index in [0.717, 1.165) is 58.9 Å². The zero-order valence-electron chi connectivity index (χ0n) is 17.5. The molecule has 2 aromatic carbocycles. The van der Waals surface area contributed by atoms with Gasteiger partial charge in [-0.25, -0.2) is 0 Å². The third kappa shape index (κ3) is 4.37. The van der Waals surface area contributed by atoms with Crippen molar-refractivity contribution in [2.24, 2.45) is 0 Å². The first kappa shape index (κ1) is 20.0. The van der Waals surface area contributed by atoms with Crippen LogP contribution in [-0.4, -0.2) is 42.2 Å². The normalized spacial score (nSPS) is 11.2. The fraction of sp³-hybridized carbons (Fsp3) is 0.348. The van der Waals surface area contributed by atoms with Crippen molar-refractivity contribution in [3.8, 4) is 5.75 Å². The Kier molecular flexibility index (Phi) is 6.05. The maximum absolute atomic E-state index is 10.3. The number of aromatic hydroxyl groups is 1. The van der Waals surface area contributed by atoms with E-state index >= 15 is 0 Å². The number of hydrogen-bond donors (Lipinski definition) is 2. The summed E-state index contributed by atoms with van der Waals surface area (Å²) >= 11 is 0. The molecular weight excluding hydrogens is 348 g/mol. The zero-order chi connectivity index (χ0) is 20.3. The number of anilines is 3. The van der Waals surface area contributed by atoms with Crippen LogP contribution in [0.25, 0.3) is 10.9 Å². The lowest BCUT2D eigenvalue weighted by atomic mass is 10.1. The van der Waals surface area contributed by atoms with Crippen molar-refractivity contribution in [1.29, 1.82) is 0 Å². The van der Waals surface area contributed by atoms with E-state index in [1.807, 2.05) is 33.2 Å². The van der Waals surface area contributed by atoms with Crippen LogP contribution < -0.4 is 10.2 Å². The van der Waals surface area contributed by atoms with E-state index in [2.05, 4.69) is 58.2 Å². The molecule has 0 saturated heterocycles. The van der Waals surface area contributed by atoms with Crippen LogP contribution in [0.15, 0.2) is 42.5 Å². The van der Waals surface area contributed by atoms with Crippen molar-refractivity contribution in [2.45, 2.75) is 27.3 Å². The van der Waals surface area contributed by atoms with Gasteiger partial charge >= 0.3 is 0 Å². The van der Waals surface area contributed by atoms with Gasteiger partial charge in [-0.3, -0.25) is 9.88 Å². The second kappa shape index (κ2) is 8.48. The van der Waals surface area contributed by atoms with Gasteiger partial charge in [0.1, 0.15) is 5.75 Å². The van der Waals surface area contributed by atoms with Gasteiger partial charge in [-0.05, 0) is 62.5 Å². The monoisotopic (exact) mass is 378 g/mol. The number of benzene rings is 2. The number of rotatable bonds is 7. The molecule has 0 saturated carbocycles. The molecule has 0 aliphatic rings. The number of phenols is 1. The molecule has 0 amide bonds. The van der Waals surface area contributed by atoms with Crippen molar-refractivity contribution < 1.29 is 5.11 Å². The molecule has 3 rings (SSSR count). The van der Waals surface area contributed by atoms with Crippen LogP contribution >= 0.6 is 0 Å². The Morgan fingerprint density at radius 1 is 1.00 bits per heavy atom. The van der Waals surface area contributed by atoms with Crippen molar-refractivity contribution in [1.82, 2.24) is 9.88 Å². The Hall–Kier alpha value is -2.79. The fourth-order valence-corrected chi connectivity index (χ4v) is 3.36. The van der Waals surface area contributed by atoms with Gasteiger partial charge in [-0.1, -0.05) is 13.8 Å². The third-order valence-corrected chi connectivity index (χ3v) is 5.08. The Balaban J connectivity index is 1.99. The van der Waals surface area contributed by atoms with Crippen LogP contribution in [-0.2, 0) is 6.54 Å². The molecule has 0 aliphatic heterocycles. The van der Waals surface area contributed by atoms with Gasteiger partial charge in [0.15, 0.2) is 0 Å². The number of aromatic nitrogens is 1.